The van der Waals surface area contributed by atoms with Crippen molar-refractivity contribution in [3.63, 3.8) is 0 Å². The van der Waals surface area contributed by atoms with Crippen molar-refractivity contribution in [2.75, 3.05) is 19.0 Å². The number of halogens is 2. The van der Waals surface area contributed by atoms with Gasteiger partial charge in [0.25, 0.3) is 0 Å². The summed E-state index contributed by atoms with van der Waals surface area (Å²) in [6, 6.07) is 1.94. The molecule has 19 heavy (non-hydrogen) atoms. The van der Waals surface area contributed by atoms with Crippen LogP contribution < -0.4 is 10.1 Å². The number of aromatic nitrogens is 1. The molecule has 0 spiro atoms. The maximum Gasteiger partial charge on any atom is 0.238 e. The Bertz CT molecular complexity index is 407. The van der Waals surface area contributed by atoms with E-state index in [1.54, 1.807) is 7.11 Å². The second-order valence-electron chi connectivity index (χ2n) is 4.81. The van der Waals surface area contributed by atoms with Crippen LogP contribution in [0.4, 0.5) is 14.6 Å². The quantitative estimate of drug-likeness (QED) is 0.804. The van der Waals surface area contributed by atoms with Crippen molar-refractivity contribution in [3.05, 3.63) is 17.3 Å². The summed E-state index contributed by atoms with van der Waals surface area (Å²) in [5.41, 5.74) is 2.05. The van der Waals surface area contributed by atoms with Crippen molar-refractivity contribution >= 4 is 5.82 Å². The van der Waals surface area contributed by atoms with E-state index in [0.717, 1.165) is 55.1 Å². The first-order valence-electron chi connectivity index (χ1n) is 6.79. The third-order valence-electron chi connectivity index (χ3n) is 3.36. The lowest BCUT2D eigenvalue weighted by atomic mass is 10.0. The fourth-order valence-corrected chi connectivity index (χ4v) is 2.37. The highest BCUT2D eigenvalue weighted by Gasteiger charge is 2.16. The summed E-state index contributed by atoms with van der Waals surface area (Å²) < 4.78 is 29.5. The zero-order valence-electron chi connectivity index (χ0n) is 11.2. The molecule has 0 fully saturated rings. The second kappa shape index (κ2) is 6.68. The molecule has 1 aromatic heterocycles. The van der Waals surface area contributed by atoms with E-state index in [1.165, 1.54) is 0 Å². The molecule has 1 aliphatic heterocycles. The van der Waals surface area contributed by atoms with Crippen molar-refractivity contribution in [2.45, 2.75) is 45.0 Å². The number of nitrogens with one attached hydrogen (secondary N) is 1. The van der Waals surface area contributed by atoms with Crippen LogP contribution in [0, 0.1) is 0 Å². The summed E-state index contributed by atoms with van der Waals surface area (Å²) in [5, 5.41) is 3.28. The van der Waals surface area contributed by atoms with E-state index in [-0.39, 0.29) is 6.42 Å². The van der Waals surface area contributed by atoms with Gasteiger partial charge >= 0.3 is 0 Å². The van der Waals surface area contributed by atoms with Gasteiger partial charge in [0.1, 0.15) is 11.6 Å². The van der Waals surface area contributed by atoms with Crippen molar-refractivity contribution in [1.82, 2.24) is 4.98 Å². The van der Waals surface area contributed by atoms with Crippen LogP contribution >= 0.6 is 0 Å². The lowest BCUT2D eigenvalue weighted by Crippen LogP contribution is -2.15. The number of unbranched alkanes of at least 4 members (excludes halogenated alkanes) is 1. The molecule has 0 atom stereocenters. The number of pyridine rings is 1. The largest absolute Gasteiger partial charge is 0.496 e. The highest BCUT2D eigenvalue weighted by molar-refractivity contribution is 5.54. The monoisotopic (exact) mass is 270 g/mol. The molecule has 106 valence electrons. The molecule has 1 N–H and O–H groups in total. The van der Waals surface area contributed by atoms with Gasteiger partial charge in [-0.15, -0.1) is 0 Å². The van der Waals surface area contributed by atoms with Gasteiger partial charge in [-0.05, 0) is 32.1 Å². The zero-order valence-corrected chi connectivity index (χ0v) is 11.2. The number of alkyl halides is 2. The predicted octanol–water partition coefficient (Wildman–Crippen LogP) is 3.43. The molecule has 0 aromatic carbocycles. The number of hydrogen-bond donors (Lipinski definition) is 1. The van der Waals surface area contributed by atoms with Gasteiger partial charge in [-0.2, -0.15) is 0 Å². The summed E-state index contributed by atoms with van der Waals surface area (Å²) in [4.78, 5) is 4.56. The van der Waals surface area contributed by atoms with E-state index in [0.29, 0.717) is 6.42 Å². The summed E-state index contributed by atoms with van der Waals surface area (Å²) in [5.74, 6) is 1.76. The molecule has 0 amide bonds. The third kappa shape index (κ3) is 3.78. The molecule has 2 heterocycles. The Labute approximate surface area is 112 Å². The van der Waals surface area contributed by atoms with Crippen molar-refractivity contribution < 1.29 is 13.5 Å². The number of rotatable bonds is 6. The van der Waals surface area contributed by atoms with Crippen LogP contribution in [0.3, 0.4) is 0 Å². The molecule has 0 bridgehead atoms. The highest BCUT2D eigenvalue weighted by Crippen LogP contribution is 2.30. The first-order chi connectivity index (χ1) is 9.20. The van der Waals surface area contributed by atoms with E-state index in [4.69, 9.17) is 4.74 Å². The van der Waals surface area contributed by atoms with Gasteiger partial charge in [0.2, 0.25) is 6.43 Å². The number of methoxy groups -OCH3 is 1. The Hall–Kier alpha value is -1.39. The summed E-state index contributed by atoms with van der Waals surface area (Å²) in [7, 11) is 1.66. The van der Waals surface area contributed by atoms with E-state index < -0.39 is 6.43 Å². The van der Waals surface area contributed by atoms with Gasteiger partial charge in [0.15, 0.2) is 0 Å². The zero-order chi connectivity index (χ0) is 13.7. The molecule has 0 aliphatic carbocycles. The van der Waals surface area contributed by atoms with Gasteiger partial charge in [0.05, 0.1) is 7.11 Å². The molecule has 3 nitrogen and oxygen atoms in total. The number of fused-ring (bicyclic) bond motifs is 1. The number of ether oxygens (including phenoxy) is 1. The predicted molar refractivity (Wildman–Crippen MR) is 71.2 cm³/mol. The van der Waals surface area contributed by atoms with Gasteiger partial charge in [-0.1, -0.05) is 0 Å². The maximum atomic E-state index is 12.1. The van der Waals surface area contributed by atoms with E-state index in [2.05, 4.69) is 10.3 Å². The molecular weight excluding hydrogens is 250 g/mol. The van der Waals surface area contributed by atoms with Crippen LogP contribution in [0.5, 0.6) is 5.75 Å². The van der Waals surface area contributed by atoms with Gasteiger partial charge < -0.3 is 10.1 Å². The number of anilines is 1. The molecule has 0 saturated carbocycles. The van der Waals surface area contributed by atoms with Gasteiger partial charge in [-0.3, -0.25) is 0 Å². The maximum absolute atomic E-state index is 12.1. The summed E-state index contributed by atoms with van der Waals surface area (Å²) in [6.45, 7) is 0.929. The molecule has 1 aliphatic rings. The van der Waals surface area contributed by atoms with Crippen LogP contribution in [0.1, 0.15) is 36.9 Å². The lowest BCUT2D eigenvalue weighted by molar-refractivity contribution is 0.134. The SMILES string of the molecule is COc1cc(CCCCC(F)F)nc2c1CCCN2. The molecular formula is C14H20F2N2O. The average molecular weight is 270 g/mol. The lowest BCUT2D eigenvalue weighted by Gasteiger charge is -2.20. The fourth-order valence-electron chi connectivity index (χ4n) is 2.37. The Kier molecular flexibility index (Phi) is 4.93. The fraction of sp³-hybridized carbons (Fsp3) is 0.643. The van der Waals surface area contributed by atoms with Crippen LogP contribution in [0.15, 0.2) is 6.07 Å². The topological polar surface area (TPSA) is 34.1 Å². The molecule has 0 unspecified atom stereocenters. The van der Waals surface area contributed by atoms with Crippen LogP contribution in [-0.2, 0) is 12.8 Å². The van der Waals surface area contributed by atoms with Crippen LogP contribution in [0.25, 0.3) is 0 Å². The van der Waals surface area contributed by atoms with Gasteiger partial charge in [-0.25, -0.2) is 13.8 Å². The smallest absolute Gasteiger partial charge is 0.238 e. The molecule has 0 radical (unpaired) electrons. The Balaban J connectivity index is 2.01. The first-order valence-corrected chi connectivity index (χ1v) is 6.79. The highest BCUT2D eigenvalue weighted by atomic mass is 19.3. The van der Waals surface area contributed by atoms with Crippen molar-refractivity contribution in [1.29, 1.82) is 0 Å². The minimum atomic E-state index is -2.20. The Morgan fingerprint density at radius 1 is 1.42 bits per heavy atom. The molecule has 5 heteroatoms. The standard InChI is InChI=1S/C14H20F2N2O/c1-19-12-9-10(5-2-3-7-13(15)16)18-14-11(12)6-4-8-17-14/h9,13H,2-8H2,1H3,(H,17,18). The minimum absolute atomic E-state index is 0.0275. The third-order valence-corrected chi connectivity index (χ3v) is 3.36. The van der Waals surface area contributed by atoms with Gasteiger partial charge in [0, 0.05) is 30.3 Å². The summed E-state index contributed by atoms with van der Waals surface area (Å²) in [6.07, 6.45) is 1.82. The Morgan fingerprint density at radius 2 is 2.26 bits per heavy atom. The minimum Gasteiger partial charge on any atom is -0.496 e. The average Bonchev–Trinajstić information content (AvgIpc) is 2.42. The number of nitrogens with zero attached hydrogens (tertiary/aromatic N) is 1. The number of hydrogen-bond acceptors (Lipinski definition) is 3. The molecule has 2 rings (SSSR count). The van der Waals surface area contributed by atoms with Crippen molar-refractivity contribution in [3.8, 4) is 5.75 Å². The van der Waals surface area contributed by atoms with E-state index in [1.807, 2.05) is 6.07 Å². The molecule has 0 saturated heterocycles. The normalized spacial score (nSPS) is 14.1. The van der Waals surface area contributed by atoms with E-state index in [9.17, 15) is 8.78 Å². The summed E-state index contributed by atoms with van der Waals surface area (Å²) >= 11 is 0. The number of aryl methyl sites for hydroxylation is 1. The van der Waals surface area contributed by atoms with E-state index >= 15 is 0 Å². The Morgan fingerprint density at radius 3 is 3.00 bits per heavy atom. The van der Waals surface area contributed by atoms with Crippen molar-refractivity contribution in [2.24, 2.45) is 0 Å². The van der Waals surface area contributed by atoms with Crippen LogP contribution in [-0.4, -0.2) is 25.1 Å². The molecule has 1 aromatic rings. The first kappa shape index (κ1) is 14.0. The van der Waals surface area contributed by atoms with Crippen LogP contribution in [0.2, 0.25) is 0 Å². The second-order valence-corrected chi connectivity index (χ2v) is 4.81.